The highest BCUT2D eigenvalue weighted by atomic mass is 16.1. The van der Waals surface area contributed by atoms with E-state index < -0.39 is 0 Å². The molecule has 0 unspecified atom stereocenters. The Morgan fingerprint density at radius 1 is 1.05 bits per heavy atom. The van der Waals surface area contributed by atoms with Crippen molar-refractivity contribution in [1.29, 1.82) is 0 Å². The van der Waals surface area contributed by atoms with Crippen LogP contribution in [0.3, 0.4) is 0 Å². The van der Waals surface area contributed by atoms with Crippen LogP contribution in [-0.4, -0.2) is 12.5 Å². The summed E-state index contributed by atoms with van der Waals surface area (Å²) in [5.74, 6) is 0.908. The zero-order valence-corrected chi connectivity index (χ0v) is 12.9. The molecule has 3 rings (SSSR count). The largest absolute Gasteiger partial charge is 0.355 e. The van der Waals surface area contributed by atoms with Crippen LogP contribution in [0.1, 0.15) is 63.4 Å². The standard InChI is InChI=1S/C19H27NO/c21-18(14-16-8-4-5-9-16)20-15-19(12-6-7-13-19)17-10-2-1-3-11-17/h1-3,10-11,16H,4-9,12-15H2,(H,20,21). The molecule has 114 valence electrons. The molecule has 0 saturated heterocycles. The van der Waals surface area contributed by atoms with Crippen molar-refractivity contribution in [1.82, 2.24) is 5.32 Å². The van der Waals surface area contributed by atoms with Crippen molar-refractivity contribution in [3.05, 3.63) is 35.9 Å². The zero-order valence-electron chi connectivity index (χ0n) is 12.9. The van der Waals surface area contributed by atoms with E-state index in [9.17, 15) is 4.79 Å². The lowest BCUT2D eigenvalue weighted by Crippen LogP contribution is -2.39. The topological polar surface area (TPSA) is 29.1 Å². The Morgan fingerprint density at radius 2 is 1.71 bits per heavy atom. The van der Waals surface area contributed by atoms with Gasteiger partial charge in [0.1, 0.15) is 0 Å². The quantitative estimate of drug-likeness (QED) is 0.863. The molecule has 1 amide bonds. The number of rotatable bonds is 5. The van der Waals surface area contributed by atoms with Gasteiger partial charge in [0.25, 0.3) is 0 Å². The molecule has 2 heteroatoms. The van der Waals surface area contributed by atoms with E-state index in [1.54, 1.807) is 0 Å². The van der Waals surface area contributed by atoms with Crippen LogP contribution in [-0.2, 0) is 10.2 Å². The third-order valence-corrected chi connectivity index (χ3v) is 5.52. The van der Waals surface area contributed by atoms with Gasteiger partial charge in [0, 0.05) is 18.4 Å². The Balaban J connectivity index is 1.59. The fourth-order valence-corrected chi connectivity index (χ4v) is 4.23. The predicted octanol–water partition coefficient (Wildman–Crippen LogP) is 4.19. The van der Waals surface area contributed by atoms with Crippen LogP contribution < -0.4 is 5.32 Å². The molecule has 1 aromatic carbocycles. The summed E-state index contributed by atoms with van der Waals surface area (Å²) in [4.78, 5) is 12.2. The summed E-state index contributed by atoms with van der Waals surface area (Å²) in [6.07, 6.45) is 10.8. The first-order chi connectivity index (χ1) is 10.3. The molecule has 2 saturated carbocycles. The van der Waals surface area contributed by atoms with Gasteiger partial charge in [-0.05, 0) is 37.2 Å². The van der Waals surface area contributed by atoms with E-state index in [-0.39, 0.29) is 11.3 Å². The van der Waals surface area contributed by atoms with Crippen LogP contribution in [0.4, 0.5) is 0 Å². The van der Waals surface area contributed by atoms with E-state index in [1.807, 2.05) is 0 Å². The minimum atomic E-state index is 0.187. The lowest BCUT2D eigenvalue weighted by molar-refractivity contribution is -0.122. The third kappa shape index (κ3) is 3.48. The number of nitrogens with one attached hydrogen (secondary N) is 1. The monoisotopic (exact) mass is 285 g/mol. The molecule has 2 nitrogen and oxygen atoms in total. The number of hydrogen-bond donors (Lipinski definition) is 1. The normalized spacial score (nSPS) is 21.5. The van der Waals surface area contributed by atoms with Gasteiger partial charge in [-0.15, -0.1) is 0 Å². The maximum atomic E-state index is 12.2. The van der Waals surface area contributed by atoms with Gasteiger partial charge in [-0.3, -0.25) is 4.79 Å². The molecule has 1 aromatic rings. The fraction of sp³-hybridized carbons (Fsp3) is 0.632. The lowest BCUT2D eigenvalue weighted by Gasteiger charge is -2.30. The van der Waals surface area contributed by atoms with Crippen molar-refractivity contribution in [2.45, 2.75) is 63.2 Å². The van der Waals surface area contributed by atoms with Gasteiger partial charge < -0.3 is 5.32 Å². The first-order valence-corrected chi connectivity index (χ1v) is 8.61. The van der Waals surface area contributed by atoms with Crippen molar-refractivity contribution in [2.75, 3.05) is 6.54 Å². The molecule has 1 N–H and O–H groups in total. The predicted molar refractivity (Wildman–Crippen MR) is 86.2 cm³/mol. The van der Waals surface area contributed by atoms with E-state index in [0.717, 1.165) is 13.0 Å². The van der Waals surface area contributed by atoms with E-state index in [0.29, 0.717) is 5.92 Å². The smallest absolute Gasteiger partial charge is 0.220 e. The summed E-state index contributed by atoms with van der Waals surface area (Å²) in [7, 11) is 0. The molecule has 2 aliphatic carbocycles. The van der Waals surface area contributed by atoms with Crippen molar-refractivity contribution in [3.63, 3.8) is 0 Å². The van der Waals surface area contributed by atoms with Gasteiger partial charge >= 0.3 is 0 Å². The average Bonchev–Trinajstić information content (AvgIpc) is 3.18. The van der Waals surface area contributed by atoms with Gasteiger partial charge in [0.05, 0.1) is 0 Å². The molecule has 0 heterocycles. The number of amides is 1. The van der Waals surface area contributed by atoms with E-state index in [2.05, 4.69) is 35.6 Å². The molecule has 0 aromatic heterocycles. The Bertz CT molecular complexity index is 456. The van der Waals surface area contributed by atoms with E-state index in [1.165, 1.54) is 56.9 Å². The van der Waals surface area contributed by atoms with Gasteiger partial charge in [0.15, 0.2) is 0 Å². The number of carbonyl (C=O) groups excluding carboxylic acids is 1. The number of benzene rings is 1. The molecule has 0 spiro atoms. The van der Waals surface area contributed by atoms with Crippen molar-refractivity contribution < 1.29 is 4.79 Å². The summed E-state index contributed by atoms with van der Waals surface area (Å²) in [5, 5.41) is 3.25. The SMILES string of the molecule is O=C(CC1CCCC1)NCC1(c2ccccc2)CCCC1. The molecule has 2 fully saturated rings. The van der Waals surface area contributed by atoms with Crippen LogP contribution in [0.25, 0.3) is 0 Å². The maximum Gasteiger partial charge on any atom is 0.220 e. The molecule has 0 aliphatic heterocycles. The molecule has 21 heavy (non-hydrogen) atoms. The summed E-state index contributed by atoms with van der Waals surface area (Å²) >= 11 is 0. The van der Waals surface area contributed by atoms with Crippen molar-refractivity contribution in [2.24, 2.45) is 5.92 Å². The summed E-state index contributed by atoms with van der Waals surface area (Å²) in [6.45, 7) is 0.822. The van der Waals surface area contributed by atoms with Gasteiger partial charge in [-0.25, -0.2) is 0 Å². The van der Waals surface area contributed by atoms with Crippen molar-refractivity contribution >= 4 is 5.91 Å². The lowest BCUT2D eigenvalue weighted by atomic mass is 9.79. The minimum Gasteiger partial charge on any atom is -0.355 e. The Labute approximate surface area is 128 Å². The third-order valence-electron chi connectivity index (χ3n) is 5.52. The first-order valence-electron chi connectivity index (χ1n) is 8.61. The van der Waals surface area contributed by atoms with Crippen LogP contribution >= 0.6 is 0 Å². The second kappa shape index (κ2) is 6.64. The summed E-state index contributed by atoms with van der Waals surface area (Å²) in [6, 6.07) is 10.8. The second-order valence-electron chi connectivity index (χ2n) is 6.98. The van der Waals surface area contributed by atoms with E-state index >= 15 is 0 Å². The number of hydrogen-bond acceptors (Lipinski definition) is 1. The molecule has 0 atom stereocenters. The molecule has 0 radical (unpaired) electrons. The zero-order chi connectivity index (χ0) is 14.5. The van der Waals surface area contributed by atoms with Crippen LogP contribution in [0.15, 0.2) is 30.3 Å². The molecule has 0 bridgehead atoms. The highest BCUT2D eigenvalue weighted by Crippen LogP contribution is 2.40. The Morgan fingerprint density at radius 3 is 2.38 bits per heavy atom. The van der Waals surface area contributed by atoms with Crippen LogP contribution in [0.2, 0.25) is 0 Å². The first kappa shape index (κ1) is 14.6. The average molecular weight is 285 g/mol. The van der Waals surface area contributed by atoms with Gasteiger partial charge in [0.2, 0.25) is 5.91 Å². The highest BCUT2D eigenvalue weighted by molar-refractivity contribution is 5.76. The molecular weight excluding hydrogens is 258 g/mol. The van der Waals surface area contributed by atoms with Crippen LogP contribution in [0.5, 0.6) is 0 Å². The summed E-state index contributed by atoms with van der Waals surface area (Å²) < 4.78 is 0. The van der Waals surface area contributed by atoms with Gasteiger partial charge in [-0.1, -0.05) is 56.0 Å². The minimum absolute atomic E-state index is 0.187. The molecule has 2 aliphatic rings. The Kier molecular flexibility index (Phi) is 4.62. The summed E-state index contributed by atoms with van der Waals surface area (Å²) in [5.41, 5.74) is 1.59. The highest BCUT2D eigenvalue weighted by Gasteiger charge is 2.35. The maximum absolute atomic E-state index is 12.2. The fourth-order valence-electron chi connectivity index (χ4n) is 4.23. The second-order valence-corrected chi connectivity index (χ2v) is 6.98. The number of carbonyl (C=O) groups is 1. The molecular formula is C19H27NO. The van der Waals surface area contributed by atoms with Gasteiger partial charge in [-0.2, -0.15) is 0 Å². The van der Waals surface area contributed by atoms with Crippen LogP contribution in [0, 0.1) is 5.92 Å². The van der Waals surface area contributed by atoms with E-state index in [4.69, 9.17) is 0 Å². The Hall–Kier alpha value is -1.31. The van der Waals surface area contributed by atoms with Crippen molar-refractivity contribution in [3.8, 4) is 0 Å².